The first-order valence-electron chi connectivity index (χ1n) is 8.15. The van der Waals surface area contributed by atoms with Crippen molar-refractivity contribution in [2.75, 3.05) is 0 Å². The number of aromatic nitrogens is 3. The molecule has 3 nitrogen and oxygen atoms in total. The smallest absolute Gasteiger partial charge is 0.762 e. The molecule has 2 aromatic carbocycles. The predicted molar refractivity (Wildman–Crippen MR) is 90.3 cm³/mol. The van der Waals surface area contributed by atoms with E-state index in [2.05, 4.69) is 53.4 Å². The third-order valence-corrected chi connectivity index (χ3v) is 4.18. The molecule has 0 saturated heterocycles. The van der Waals surface area contributed by atoms with Crippen molar-refractivity contribution in [3.63, 3.8) is 0 Å². The standard InChI is InChI=1S/C18H18N3.BF3.FH/c1-3-7-15(8-4-1)13-17-11-12-18-19-21(14-20(17)18)16-9-5-2-6-10-16;2-1(3)4;/h1-10,14,17H,11-13H2;;1H/q+1;;/p-1/t17-;;/m0../s1. The van der Waals surface area contributed by atoms with Crippen LogP contribution < -0.4 is 9.27 Å². The Balaban J connectivity index is 0.000000444. The fourth-order valence-corrected chi connectivity index (χ4v) is 3.10. The maximum atomic E-state index is 9.67. The molecule has 0 amide bonds. The SMILES string of the molecule is FB(F)F.[F-].c1ccc(C[C@@H]2CCc3nn(-c4ccccc4)c[n+]32)cc1. The summed E-state index contributed by atoms with van der Waals surface area (Å²) in [6.45, 7) is 0. The van der Waals surface area contributed by atoms with Gasteiger partial charge in [-0.2, -0.15) is 0 Å². The van der Waals surface area contributed by atoms with Crippen molar-refractivity contribution >= 4 is 7.54 Å². The van der Waals surface area contributed by atoms with Gasteiger partial charge in [0.25, 0.3) is 5.82 Å². The van der Waals surface area contributed by atoms with E-state index in [0.29, 0.717) is 6.04 Å². The van der Waals surface area contributed by atoms with Gasteiger partial charge in [-0.15, -0.1) is 0 Å². The Kier molecular flexibility index (Phi) is 6.94. The van der Waals surface area contributed by atoms with Crippen LogP contribution >= 0.6 is 0 Å². The minimum absolute atomic E-state index is 0. The maximum absolute atomic E-state index is 9.67. The van der Waals surface area contributed by atoms with Crippen LogP contribution in [-0.4, -0.2) is 17.3 Å². The molecule has 26 heavy (non-hydrogen) atoms. The predicted octanol–water partition coefficient (Wildman–Crippen LogP) is 0.774. The molecule has 1 atom stereocenters. The first kappa shape index (κ1) is 19.7. The normalized spacial score (nSPS) is 14.7. The summed E-state index contributed by atoms with van der Waals surface area (Å²) in [5.74, 6) is 1.19. The van der Waals surface area contributed by atoms with Gasteiger partial charge in [-0.25, -0.2) is 4.57 Å². The summed E-state index contributed by atoms with van der Waals surface area (Å²) >= 11 is 0. The van der Waals surface area contributed by atoms with Gasteiger partial charge < -0.3 is 4.70 Å². The van der Waals surface area contributed by atoms with E-state index in [-0.39, 0.29) is 4.70 Å². The minimum Gasteiger partial charge on any atom is -1.00 e. The first-order chi connectivity index (χ1) is 12.1. The van der Waals surface area contributed by atoms with Crippen LogP contribution in [0.25, 0.3) is 5.69 Å². The number of hydrogen-bond donors (Lipinski definition) is 0. The lowest BCUT2D eigenvalue weighted by atomic mass is 10.0. The van der Waals surface area contributed by atoms with Crippen molar-refractivity contribution < 1.29 is 22.2 Å². The van der Waals surface area contributed by atoms with Gasteiger partial charge in [-0.05, 0) is 24.1 Å². The number of para-hydroxylation sites is 1. The third-order valence-electron chi connectivity index (χ3n) is 4.18. The summed E-state index contributed by atoms with van der Waals surface area (Å²) < 4.78 is 33.3. The second kappa shape index (κ2) is 9.17. The zero-order valence-electron chi connectivity index (χ0n) is 14.0. The molecule has 1 aromatic heterocycles. The molecule has 0 unspecified atom stereocenters. The zero-order valence-corrected chi connectivity index (χ0v) is 14.0. The van der Waals surface area contributed by atoms with Crippen LogP contribution in [0.5, 0.6) is 0 Å². The van der Waals surface area contributed by atoms with E-state index in [1.807, 2.05) is 22.9 Å². The lowest BCUT2D eigenvalue weighted by molar-refractivity contribution is -0.716. The molecule has 3 aromatic rings. The van der Waals surface area contributed by atoms with Crippen molar-refractivity contribution in [3.05, 3.63) is 78.4 Å². The Hall–Kier alpha value is -2.64. The number of nitrogens with zero attached hydrogens (tertiary/aromatic N) is 3. The average Bonchev–Trinajstić information content (AvgIpc) is 3.18. The molecule has 1 aliphatic rings. The quantitative estimate of drug-likeness (QED) is 0.383. The lowest BCUT2D eigenvalue weighted by Gasteiger charge is -2.08. The highest BCUT2D eigenvalue weighted by molar-refractivity contribution is 6.33. The van der Waals surface area contributed by atoms with Crippen LogP contribution in [0.3, 0.4) is 0 Å². The summed E-state index contributed by atoms with van der Waals surface area (Å²) in [7, 11) is -3.67. The van der Waals surface area contributed by atoms with Gasteiger partial charge in [-0.3, -0.25) is 12.9 Å². The summed E-state index contributed by atoms with van der Waals surface area (Å²) in [5.41, 5.74) is 2.52. The molecule has 0 bridgehead atoms. The Morgan fingerprint density at radius 3 is 2.19 bits per heavy atom. The van der Waals surface area contributed by atoms with Crippen LogP contribution in [0.15, 0.2) is 67.0 Å². The molecule has 0 saturated carbocycles. The molecule has 0 spiro atoms. The van der Waals surface area contributed by atoms with E-state index < -0.39 is 7.54 Å². The maximum Gasteiger partial charge on any atom is 0.762 e. The molecule has 0 N–H and O–H groups in total. The average molecular weight is 363 g/mol. The number of hydrogen-bond acceptors (Lipinski definition) is 1. The van der Waals surface area contributed by atoms with Crippen LogP contribution in [0.1, 0.15) is 23.9 Å². The van der Waals surface area contributed by atoms with E-state index in [9.17, 15) is 12.9 Å². The van der Waals surface area contributed by atoms with Gasteiger partial charge in [0.2, 0.25) is 6.33 Å². The van der Waals surface area contributed by atoms with Gasteiger partial charge in [-0.1, -0.05) is 53.2 Å². The van der Waals surface area contributed by atoms with Gasteiger partial charge in [0, 0.05) is 17.9 Å². The molecule has 0 aliphatic carbocycles. The van der Waals surface area contributed by atoms with E-state index >= 15 is 0 Å². The first-order valence-corrected chi connectivity index (χ1v) is 8.15. The fourth-order valence-electron chi connectivity index (χ4n) is 3.10. The van der Waals surface area contributed by atoms with E-state index in [1.165, 1.54) is 17.8 Å². The molecule has 136 valence electrons. The van der Waals surface area contributed by atoms with Crippen LogP contribution in [0.4, 0.5) is 12.9 Å². The summed E-state index contributed by atoms with van der Waals surface area (Å²) in [6.07, 6.45) is 5.48. The number of rotatable bonds is 3. The van der Waals surface area contributed by atoms with Crippen molar-refractivity contribution in [2.45, 2.75) is 25.3 Å². The lowest BCUT2D eigenvalue weighted by Crippen LogP contribution is -3.00. The topological polar surface area (TPSA) is 21.7 Å². The number of fused-ring (bicyclic) bond motifs is 1. The fraction of sp³-hybridized carbons (Fsp3) is 0.222. The summed E-state index contributed by atoms with van der Waals surface area (Å²) in [6, 6.07) is 21.6. The van der Waals surface area contributed by atoms with Crippen LogP contribution in [0.2, 0.25) is 0 Å². The molecule has 2 heterocycles. The summed E-state index contributed by atoms with van der Waals surface area (Å²) in [4.78, 5) is 0. The summed E-state index contributed by atoms with van der Waals surface area (Å²) in [5, 5.41) is 4.73. The van der Waals surface area contributed by atoms with Crippen molar-refractivity contribution in [1.29, 1.82) is 0 Å². The molecule has 0 radical (unpaired) electrons. The Morgan fingerprint density at radius 1 is 1.00 bits per heavy atom. The zero-order chi connectivity index (χ0) is 17.6. The van der Waals surface area contributed by atoms with Crippen molar-refractivity contribution in [2.24, 2.45) is 0 Å². The van der Waals surface area contributed by atoms with Crippen LogP contribution in [0, 0.1) is 0 Å². The number of halogens is 4. The second-order valence-corrected chi connectivity index (χ2v) is 5.85. The Morgan fingerprint density at radius 2 is 1.58 bits per heavy atom. The van der Waals surface area contributed by atoms with Gasteiger partial charge in [0.15, 0.2) is 0 Å². The molecule has 1 aliphatic heterocycles. The highest BCUT2D eigenvalue weighted by atomic mass is 19.4. The third kappa shape index (κ3) is 4.94. The Bertz CT molecular complexity index is 794. The molecular formula is C18H18BF4N3. The highest BCUT2D eigenvalue weighted by Crippen LogP contribution is 2.21. The van der Waals surface area contributed by atoms with Gasteiger partial charge in [0.1, 0.15) is 5.69 Å². The van der Waals surface area contributed by atoms with E-state index in [0.717, 1.165) is 18.5 Å². The van der Waals surface area contributed by atoms with Gasteiger partial charge in [0.05, 0.1) is 6.04 Å². The van der Waals surface area contributed by atoms with E-state index in [4.69, 9.17) is 5.10 Å². The highest BCUT2D eigenvalue weighted by Gasteiger charge is 2.31. The number of aryl methyl sites for hydroxylation is 1. The van der Waals surface area contributed by atoms with Gasteiger partial charge >= 0.3 is 7.54 Å². The Labute approximate surface area is 149 Å². The van der Waals surface area contributed by atoms with E-state index in [1.54, 1.807) is 0 Å². The second-order valence-electron chi connectivity index (χ2n) is 5.85. The largest absolute Gasteiger partial charge is 1.00 e. The van der Waals surface area contributed by atoms with Crippen molar-refractivity contribution in [1.82, 2.24) is 9.78 Å². The number of benzene rings is 2. The molecule has 8 heteroatoms. The molecule has 4 rings (SSSR count). The molecule has 0 fully saturated rings. The monoisotopic (exact) mass is 363 g/mol. The van der Waals surface area contributed by atoms with Crippen molar-refractivity contribution in [3.8, 4) is 5.69 Å². The minimum atomic E-state index is -3.67. The molecular weight excluding hydrogens is 345 g/mol. The van der Waals surface area contributed by atoms with Crippen LogP contribution in [-0.2, 0) is 12.8 Å².